The lowest BCUT2D eigenvalue weighted by molar-refractivity contribution is 0.0141. The second kappa shape index (κ2) is 7.58. The quantitative estimate of drug-likeness (QED) is 0.748. The molecule has 0 N–H and O–H groups in total. The van der Waals surface area contributed by atoms with Crippen LogP contribution in [0.25, 0.3) is 0 Å². The molecule has 0 aromatic heterocycles. The molecule has 0 atom stereocenters. The minimum Gasteiger partial charge on any atom is -0.377 e. The van der Waals surface area contributed by atoms with Crippen molar-refractivity contribution in [2.24, 2.45) is 0 Å². The molecule has 0 spiro atoms. The number of piperidine rings is 1. The van der Waals surface area contributed by atoms with Gasteiger partial charge in [-0.2, -0.15) is 0 Å². The van der Waals surface area contributed by atoms with Crippen LogP contribution < -0.4 is 0 Å². The van der Waals surface area contributed by atoms with Crippen molar-refractivity contribution in [1.82, 2.24) is 4.90 Å². The normalized spacial score (nSPS) is 17.8. The zero-order valence-corrected chi connectivity index (χ0v) is 13.1. The third-order valence-electron chi connectivity index (χ3n) is 3.37. The molecule has 1 aromatic carbocycles. The zero-order chi connectivity index (χ0) is 13.7. The Hall–Kier alpha value is -0.160. The van der Waals surface area contributed by atoms with Crippen molar-refractivity contribution in [2.75, 3.05) is 25.0 Å². The van der Waals surface area contributed by atoms with Gasteiger partial charge in [0.15, 0.2) is 0 Å². The molecule has 1 saturated heterocycles. The molecule has 2 nitrogen and oxygen atoms in total. The molecule has 0 aliphatic carbocycles. The van der Waals surface area contributed by atoms with Crippen LogP contribution in [0, 0.1) is 5.82 Å². The first-order chi connectivity index (χ1) is 9.19. The summed E-state index contributed by atoms with van der Waals surface area (Å²) in [6.45, 7) is 3.42. The third-order valence-corrected chi connectivity index (χ3v) is 4.06. The predicted molar refractivity (Wildman–Crippen MR) is 79.5 cm³/mol. The molecule has 1 heterocycles. The molecule has 19 heavy (non-hydrogen) atoms. The molecule has 5 heteroatoms. The van der Waals surface area contributed by atoms with Gasteiger partial charge in [-0.1, -0.05) is 27.5 Å². The highest BCUT2D eigenvalue weighted by atomic mass is 79.9. The Morgan fingerprint density at radius 2 is 2.11 bits per heavy atom. The van der Waals surface area contributed by atoms with Crippen molar-refractivity contribution in [3.05, 3.63) is 34.6 Å². The van der Waals surface area contributed by atoms with Crippen molar-refractivity contribution >= 4 is 27.5 Å². The Balaban J connectivity index is 1.83. The molecule has 0 radical (unpaired) electrons. The summed E-state index contributed by atoms with van der Waals surface area (Å²) in [6, 6.07) is 4.54. The van der Waals surface area contributed by atoms with Crippen LogP contribution in [-0.4, -0.2) is 36.0 Å². The number of alkyl halides is 1. The van der Waals surface area contributed by atoms with E-state index < -0.39 is 0 Å². The molecule has 0 amide bonds. The van der Waals surface area contributed by atoms with E-state index in [0.29, 0.717) is 17.7 Å². The van der Waals surface area contributed by atoms with Gasteiger partial charge in [-0.25, -0.2) is 4.39 Å². The highest BCUT2D eigenvalue weighted by Crippen LogP contribution is 2.21. The first-order valence-corrected chi connectivity index (χ1v) is 8.03. The lowest BCUT2D eigenvalue weighted by Gasteiger charge is -2.32. The fraction of sp³-hybridized carbons (Fsp3) is 0.571. The first kappa shape index (κ1) is 15.2. The van der Waals surface area contributed by atoms with Gasteiger partial charge in [-0.3, -0.25) is 4.90 Å². The van der Waals surface area contributed by atoms with E-state index in [0.717, 1.165) is 43.4 Å². The summed E-state index contributed by atoms with van der Waals surface area (Å²) in [5, 5.41) is 1.52. The maximum Gasteiger partial charge on any atom is 0.123 e. The summed E-state index contributed by atoms with van der Waals surface area (Å²) < 4.78 is 18.9. The number of hydrogen-bond donors (Lipinski definition) is 0. The van der Waals surface area contributed by atoms with E-state index in [1.807, 2.05) is 0 Å². The van der Waals surface area contributed by atoms with E-state index in [4.69, 9.17) is 16.3 Å². The molecular formula is C14H18BrClFNO. The summed E-state index contributed by atoms with van der Waals surface area (Å²) in [4.78, 5) is 2.30. The van der Waals surface area contributed by atoms with E-state index in [9.17, 15) is 4.39 Å². The zero-order valence-electron chi connectivity index (χ0n) is 10.7. The van der Waals surface area contributed by atoms with Crippen LogP contribution in [0.1, 0.15) is 18.4 Å². The van der Waals surface area contributed by atoms with Crippen molar-refractivity contribution in [3.63, 3.8) is 0 Å². The molecule has 0 bridgehead atoms. The molecule has 0 unspecified atom stereocenters. The van der Waals surface area contributed by atoms with Gasteiger partial charge in [0, 0.05) is 30.0 Å². The van der Waals surface area contributed by atoms with Crippen molar-refractivity contribution in [3.8, 4) is 0 Å². The topological polar surface area (TPSA) is 12.5 Å². The predicted octanol–water partition coefficient (Wildman–Crippen LogP) is 3.86. The Kier molecular flexibility index (Phi) is 6.07. The van der Waals surface area contributed by atoms with Gasteiger partial charge in [0.1, 0.15) is 5.82 Å². The molecule has 1 aromatic rings. The van der Waals surface area contributed by atoms with Gasteiger partial charge in [0.25, 0.3) is 0 Å². The molecule has 1 aliphatic rings. The van der Waals surface area contributed by atoms with E-state index in [1.54, 1.807) is 6.07 Å². The Morgan fingerprint density at radius 1 is 1.37 bits per heavy atom. The number of hydrogen-bond acceptors (Lipinski definition) is 2. The Morgan fingerprint density at radius 3 is 2.79 bits per heavy atom. The molecular weight excluding hydrogens is 333 g/mol. The molecule has 0 saturated carbocycles. The van der Waals surface area contributed by atoms with Crippen LogP contribution in [0.4, 0.5) is 4.39 Å². The average molecular weight is 351 g/mol. The van der Waals surface area contributed by atoms with Crippen LogP contribution in [0.5, 0.6) is 0 Å². The van der Waals surface area contributed by atoms with Gasteiger partial charge in [-0.15, -0.1) is 0 Å². The lowest BCUT2D eigenvalue weighted by atomic mass is 10.1. The van der Waals surface area contributed by atoms with Crippen LogP contribution in [0.15, 0.2) is 18.2 Å². The number of rotatable bonds is 5. The summed E-state index contributed by atoms with van der Waals surface area (Å²) in [5.41, 5.74) is 0.862. The minimum absolute atomic E-state index is 0.227. The first-order valence-electron chi connectivity index (χ1n) is 6.53. The molecule has 2 rings (SSSR count). The highest BCUT2D eigenvalue weighted by molar-refractivity contribution is 9.09. The second-order valence-corrected chi connectivity index (χ2v) is 5.97. The number of benzene rings is 1. The van der Waals surface area contributed by atoms with E-state index in [2.05, 4.69) is 20.8 Å². The minimum atomic E-state index is -0.227. The van der Waals surface area contributed by atoms with Gasteiger partial charge < -0.3 is 4.74 Å². The lowest BCUT2D eigenvalue weighted by Crippen LogP contribution is -2.36. The standard InChI is InChI=1S/C14H18BrClFNO/c15-5-8-19-13-3-6-18(7-4-13)10-11-9-12(17)1-2-14(11)16/h1-2,9,13H,3-8,10H2. The van der Waals surface area contributed by atoms with Gasteiger partial charge in [-0.05, 0) is 36.6 Å². The number of likely N-dealkylation sites (tertiary alicyclic amines) is 1. The molecule has 106 valence electrons. The molecule has 1 fully saturated rings. The van der Waals surface area contributed by atoms with Crippen molar-refractivity contribution < 1.29 is 9.13 Å². The third kappa shape index (κ3) is 4.71. The van der Waals surface area contributed by atoms with Gasteiger partial charge in [0.2, 0.25) is 0 Å². The molecule has 1 aliphatic heterocycles. The maximum absolute atomic E-state index is 13.2. The summed E-state index contributed by atoms with van der Waals surface area (Å²) in [5.74, 6) is -0.227. The summed E-state index contributed by atoms with van der Waals surface area (Å²) in [6.07, 6.45) is 2.41. The number of ether oxygens (including phenoxy) is 1. The van der Waals surface area contributed by atoms with E-state index >= 15 is 0 Å². The number of nitrogens with zero attached hydrogens (tertiary/aromatic N) is 1. The van der Waals surface area contributed by atoms with Crippen LogP contribution in [-0.2, 0) is 11.3 Å². The van der Waals surface area contributed by atoms with Gasteiger partial charge in [0.05, 0.1) is 12.7 Å². The number of halogens is 3. The van der Waals surface area contributed by atoms with Crippen molar-refractivity contribution in [2.45, 2.75) is 25.5 Å². The van der Waals surface area contributed by atoms with Gasteiger partial charge >= 0.3 is 0 Å². The maximum atomic E-state index is 13.2. The SMILES string of the molecule is Fc1ccc(Cl)c(CN2CCC(OCCBr)CC2)c1. The largest absolute Gasteiger partial charge is 0.377 e. The van der Waals surface area contributed by atoms with Crippen LogP contribution in [0.2, 0.25) is 5.02 Å². The highest BCUT2D eigenvalue weighted by Gasteiger charge is 2.20. The van der Waals surface area contributed by atoms with Crippen molar-refractivity contribution in [1.29, 1.82) is 0 Å². The average Bonchev–Trinajstić information content (AvgIpc) is 2.42. The smallest absolute Gasteiger partial charge is 0.123 e. The Labute approximate surface area is 127 Å². The monoisotopic (exact) mass is 349 g/mol. The van der Waals surface area contributed by atoms with E-state index in [-0.39, 0.29) is 5.82 Å². The fourth-order valence-corrected chi connectivity index (χ4v) is 2.71. The van der Waals surface area contributed by atoms with Crippen LogP contribution >= 0.6 is 27.5 Å². The summed E-state index contributed by atoms with van der Waals surface area (Å²) in [7, 11) is 0. The summed E-state index contributed by atoms with van der Waals surface area (Å²) >= 11 is 9.45. The second-order valence-electron chi connectivity index (χ2n) is 4.77. The van der Waals surface area contributed by atoms with E-state index in [1.165, 1.54) is 12.1 Å². The van der Waals surface area contributed by atoms with Crippen LogP contribution in [0.3, 0.4) is 0 Å². The Bertz CT molecular complexity index is 410. The fourth-order valence-electron chi connectivity index (χ4n) is 2.35.